The number of hydrogen-bond acceptors (Lipinski definition) is 4. The van der Waals surface area contributed by atoms with E-state index < -0.39 is 0 Å². The van der Waals surface area contributed by atoms with Crippen molar-refractivity contribution in [3.63, 3.8) is 0 Å². The number of benzene rings is 1. The first-order valence-corrected chi connectivity index (χ1v) is 9.28. The number of hydrogen-bond donors (Lipinski definition) is 2. The van der Waals surface area contributed by atoms with Crippen LogP contribution < -0.4 is 20.5 Å². The molecule has 0 spiro atoms. The number of nitrogens with zero attached hydrogens (tertiary/aromatic N) is 3. The van der Waals surface area contributed by atoms with Gasteiger partial charge in [-0.25, -0.2) is 4.99 Å². The fraction of sp³-hybridized carbons (Fsp3) is 0.474. The van der Waals surface area contributed by atoms with Gasteiger partial charge in [0.05, 0.1) is 31.5 Å². The van der Waals surface area contributed by atoms with E-state index in [9.17, 15) is 0 Å². The van der Waals surface area contributed by atoms with Gasteiger partial charge >= 0.3 is 0 Å². The molecule has 4 rings (SSSR count). The van der Waals surface area contributed by atoms with Crippen LogP contribution in [0.1, 0.15) is 43.8 Å². The topological polar surface area (TPSA) is 86.7 Å². The maximum Gasteiger partial charge on any atom is 0.193 e. The van der Waals surface area contributed by atoms with E-state index in [-0.39, 0.29) is 0 Å². The molecular weight excluding hydrogens is 330 g/mol. The molecule has 138 valence electrons. The van der Waals surface area contributed by atoms with E-state index in [0.717, 1.165) is 29.3 Å². The standard InChI is InChI=1S/C19H25N5O2/c20-19(21-13-15-8-9-24(23-15)16-4-1-2-5-16)22-14-6-7-17-18(12-14)26-11-3-10-25-17/h6-9,12,16H,1-5,10-11,13H2,(H3,20,21,22). The van der Waals surface area contributed by atoms with Gasteiger partial charge in [0.25, 0.3) is 0 Å². The van der Waals surface area contributed by atoms with Gasteiger partial charge in [-0.15, -0.1) is 0 Å². The van der Waals surface area contributed by atoms with Gasteiger partial charge < -0.3 is 20.5 Å². The summed E-state index contributed by atoms with van der Waals surface area (Å²) in [6, 6.07) is 8.25. The Bertz CT molecular complexity index is 780. The molecule has 3 N–H and O–H groups in total. The quantitative estimate of drug-likeness (QED) is 0.650. The molecule has 0 radical (unpaired) electrons. The fourth-order valence-electron chi connectivity index (χ4n) is 3.43. The van der Waals surface area contributed by atoms with Gasteiger partial charge in [0.2, 0.25) is 0 Å². The Kier molecular flexibility index (Phi) is 4.95. The molecule has 2 aromatic rings. The zero-order valence-corrected chi connectivity index (χ0v) is 14.9. The van der Waals surface area contributed by atoms with Gasteiger partial charge in [0.15, 0.2) is 17.5 Å². The first-order valence-electron chi connectivity index (χ1n) is 9.28. The first-order chi connectivity index (χ1) is 12.8. The summed E-state index contributed by atoms with van der Waals surface area (Å²) in [5.41, 5.74) is 7.78. The monoisotopic (exact) mass is 355 g/mol. The van der Waals surface area contributed by atoms with Gasteiger partial charge in [-0.3, -0.25) is 4.68 Å². The fourth-order valence-corrected chi connectivity index (χ4v) is 3.43. The Balaban J connectivity index is 1.37. The highest BCUT2D eigenvalue weighted by atomic mass is 16.5. The predicted molar refractivity (Wildman–Crippen MR) is 101 cm³/mol. The summed E-state index contributed by atoms with van der Waals surface area (Å²) in [5, 5.41) is 7.73. The molecule has 1 aliphatic heterocycles. The van der Waals surface area contributed by atoms with Crippen LogP contribution in [0.15, 0.2) is 35.5 Å². The summed E-state index contributed by atoms with van der Waals surface area (Å²) in [6.45, 7) is 1.80. The second-order valence-electron chi connectivity index (χ2n) is 6.76. The highest BCUT2D eigenvalue weighted by molar-refractivity contribution is 5.92. The average molecular weight is 355 g/mol. The number of nitrogens with two attached hydrogens (primary N) is 1. The molecule has 0 atom stereocenters. The van der Waals surface area contributed by atoms with Crippen LogP contribution in [0.25, 0.3) is 0 Å². The lowest BCUT2D eigenvalue weighted by Gasteiger charge is -2.10. The molecule has 0 saturated heterocycles. The van der Waals surface area contributed by atoms with E-state index in [4.69, 9.17) is 15.2 Å². The van der Waals surface area contributed by atoms with Crippen molar-refractivity contribution in [2.45, 2.75) is 44.7 Å². The summed E-state index contributed by atoms with van der Waals surface area (Å²) in [5.74, 6) is 1.85. The van der Waals surface area contributed by atoms with Crippen LogP contribution in [0.4, 0.5) is 5.69 Å². The lowest BCUT2D eigenvalue weighted by molar-refractivity contribution is 0.297. The predicted octanol–water partition coefficient (Wildman–Crippen LogP) is 3.09. The molecule has 1 aliphatic carbocycles. The third kappa shape index (κ3) is 3.92. The normalized spacial score (nSPS) is 17.9. The summed E-state index contributed by atoms with van der Waals surface area (Å²) < 4.78 is 13.4. The van der Waals surface area contributed by atoms with Gasteiger partial charge in [-0.2, -0.15) is 5.10 Å². The molecule has 0 amide bonds. The molecular formula is C19H25N5O2. The Morgan fingerprint density at radius 2 is 1.96 bits per heavy atom. The van der Waals surface area contributed by atoms with Crippen molar-refractivity contribution < 1.29 is 9.47 Å². The molecule has 7 nitrogen and oxygen atoms in total. The minimum atomic E-state index is 0.356. The molecule has 0 unspecified atom stereocenters. The zero-order valence-electron chi connectivity index (χ0n) is 14.9. The highest BCUT2D eigenvalue weighted by Gasteiger charge is 2.17. The third-order valence-electron chi connectivity index (χ3n) is 4.79. The number of fused-ring (bicyclic) bond motifs is 1. The summed E-state index contributed by atoms with van der Waals surface area (Å²) in [4.78, 5) is 4.40. The zero-order chi connectivity index (χ0) is 17.8. The molecule has 0 bridgehead atoms. The number of aromatic nitrogens is 2. The molecule has 2 aliphatic rings. The molecule has 1 aromatic heterocycles. The first kappa shape index (κ1) is 16.8. The Labute approximate surface area is 153 Å². The van der Waals surface area contributed by atoms with E-state index in [1.807, 2.05) is 30.5 Å². The number of anilines is 1. The third-order valence-corrected chi connectivity index (χ3v) is 4.79. The largest absolute Gasteiger partial charge is 0.490 e. The van der Waals surface area contributed by atoms with Crippen molar-refractivity contribution in [2.24, 2.45) is 10.7 Å². The summed E-state index contributed by atoms with van der Waals surface area (Å²) in [6.07, 6.45) is 7.97. The molecule has 1 saturated carbocycles. The van der Waals surface area contributed by atoms with Crippen molar-refractivity contribution in [2.75, 3.05) is 18.5 Å². The number of rotatable bonds is 4. The molecule has 1 aromatic carbocycles. The van der Waals surface area contributed by atoms with Crippen molar-refractivity contribution in [1.82, 2.24) is 9.78 Å². The number of nitrogens with one attached hydrogen (secondary N) is 1. The minimum absolute atomic E-state index is 0.356. The van der Waals surface area contributed by atoms with Gasteiger partial charge in [-0.05, 0) is 31.0 Å². The van der Waals surface area contributed by atoms with Gasteiger partial charge in [0, 0.05) is 24.4 Å². The van der Waals surface area contributed by atoms with Crippen LogP contribution in [0, 0.1) is 0 Å². The van der Waals surface area contributed by atoms with Crippen LogP contribution in [0.5, 0.6) is 11.5 Å². The van der Waals surface area contributed by atoms with Crippen molar-refractivity contribution in [3.8, 4) is 11.5 Å². The van der Waals surface area contributed by atoms with Gasteiger partial charge in [-0.1, -0.05) is 12.8 Å². The lowest BCUT2D eigenvalue weighted by atomic mass is 10.3. The van der Waals surface area contributed by atoms with Crippen LogP contribution in [0.2, 0.25) is 0 Å². The average Bonchev–Trinajstić information content (AvgIpc) is 3.28. The summed E-state index contributed by atoms with van der Waals surface area (Å²) in [7, 11) is 0. The SMILES string of the molecule is NC(=NCc1ccn(C2CCCC2)n1)Nc1ccc2c(c1)OCCCO2. The second kappa shape index (κ2) is 7.68. The number of guanidine groups is 1. The summed E-state index contributed by atoms with van der Waals surface area (Å²) >= 11 is 0. The van der Waals surface area contributed by atoms with Crippen LogP contribution >= 0.6 is 0 Å². The smallest absolute Gasteiger partial charge is 0.193 e. The maximum atomic E-state index is 6.02. The molecule has 26 heavy (non-hydrogen) atoms. The van der Waals surface area contributed by atoms with Crippen molar-refractivity contribution in [1.29, 1.82) is 0 Å². The molecule has 7 heteroatoms. The molecule has 1 fully saturated rings. The van der Waals surface area contributed by atoms with E-state index >= 15 is 0 Å². The van der Waals surface area contributed by atoms with Crippen LogP contribution in [-0.2, 0) is 6.54 Å². The van der Waals surface area contributed by atoms with Crippen molar-refractivity contribution in [3.05, 3.63) is 36.2 Å². The number of aliphatic imine (C=N–C) groups is 1. The van der Waals surface area contributed by atoms with E-state index in [0.29, 0.717) is 31.8 Å². The molecule has 2 heterocycles. The van der Waals surface area contributed by atoms with Crippen molar-refractivity contribution >= 4 is 11.6 Å². The van der Waals surface area contributed by atoms with Crippen LogP contribution in [0.3, 0.4) is 0 Å². The Hall–Kier alpha value is -2.70. The Morgan fingerprint density at radius 3 is 2.81 bits per heavy atom. The maximum absolute atomic E-state index is 6.02. The van der Waals surface area contributed by atoms with E-state index in [1.165, 1.54) is 25.7 Å². The number of ether oxygens (including phenoxy) is 2. The highest BCUT2D eigenvalue weighted by Crippen LogP contribution is 2.32. The van der Waals surface area contributed by atoms with Crippen LogP contribution in [-0.4, -0.2) is 29.0 Å². The van der Waals surface area contributed by atoms with E-state index in [1.54, 1.807) is 0 Å². The van der Waals surface area contributed by atoms with Gasteiger partial charge in [0.1, 0.15) is 0 Å². The lowest BCUT2D eigenvalue weighted by Crippen LogP contribution is -2.22. The minimum Gasteiger partial charge on any atom is -0.490 e. The Morgan fingerprint density at radius 1 is 1.15 bits per heavy atom. The second-order valence-corrected chi connectivity index (χ2v) is 6.76. The van der Waals surface area contributed by atoms with E-state index in [2.05, 4.69) is 20.1 Å².